The number of furan rings is 1. The fourth-order valence-corrected chi connectivity index (χ4v) is 1.32. The number of aromatic nitrogens is 2. The van der Waals surface area contributed by atoms with Crippen LogP contribution in [0.3, 0.4) is 0 Å². The third-order valence-electron chi connectivity index (χ3n) is 1.95. The summed E-state index contributed by atoms with van der Waals surface area (Å²) < 4.78 is 5.42. The average molecular weight is 199 g/mol. The number of hydrogen-bond donors (Lipinski definition) is 0. The van der Waals surface area contributed by atoms with E-state index in [4.69, 9.17) is 9.68 Å². The van der Waals surface area contributed by atoms with E-state index in [1.165, 1.54) is 0 Å². The van der Waals surface area contributed by atoms with Crippen LogP contribution >= 0.6 is 0 Å². The van der Waals surface area contributed by atoms with Crippen molar-refractivity contribution in [3.8, 4) is 17.5 Å². The maximum Gasteiger partial charge on any atom is 0.233 e. The molecule has 2 rings (SSSR count). The smallest absolute Gasteiger partial charge is 0.233 e. The number of hydrogen-bond acceptors (Lipinski definition) is 4. The van der Waals surface area contributed by atoms with Crippen LogP contribution in [0.1, 0.15) is 17.3 Å². The van der Waals surface area contributed by atoms with Crippen molar-refractivity contribution in [1.82, 2.24) is 9.97 Å². The molecule has 0 aliphatic carbocycles. The van der Waals surface area contributed by atoms with Gasteiger partial charge in [0.1, 0.15) is 17.5 Å². The van der Waals surface area contributed by atoms with E-state index in [0.29, 0.717) is 11.5 Å². The summed E-state index contributed by atoms with van der Waals surface area (Å²) in [6.45, 7) is 3.69. The zero-order chi connectivity index (χ0) is 10.8. The zero-order valence-electron chi connectivity index (χ0n) is 8.48. The molecule has 2 aromatic heterocycles. The minimum atomic E-state index is 0.166. The van der Waals surface area contributed by atoms with Gasteiger partial charge in [0.2, 0.25) is 5.82 Å². The second-order valence-corrected chi connectivity index (χ2v) is 3.24. The molecule has 0 unspecified atom stereocenters. The Morgan fingerprint density at radius 1 is 1.27 bits per heavy atom. The van der Waals surface area contributed by atoms with Gasteiger partial charge in [-0.25, -0.2) is 9.97 Å². The van der Waals surface area contributed by atoms with Gasteiger partial charge in [-0.15, -0.1) is 0 Å². The first-order valence-electron chi connectivity index (χ1n) is 4.51. The summed E-state index contributed by atoms with van der Waals surface area (Å²) in [6.07, 6.45) is 0. The highest BCUT2D eigenvalue weighted by atomic mass is 16.3. The Labute approximate surface area is 87.2 Å². The summed E-state index contributed by atoms with van der Waals surface area (Å²) in [6, 6.07) is 7.40. The predicted octanol–water partition coefficient (Wildman–Crippen LogP) is 2.23. The zero-order valence-corrected chi connectivity index (χ0v) is 8.48. The van der Waals surface area contributed by atoms with Crippen molar-refractivity contribution in [2.75, 3.05) is 0 Å². The van der Waals surface area contributed by atoms with Crippen LogP contribution in [0.4, 0.5) is 0 Å². The Morgan fingerprint density at radius 2 is 2.07 bits per heavy atom. The van der Waals surface area contributed by atoms with E-state index in [1.807, 2.05) is 32.0 Å². The van der Waals surface area contributed by atoms with Crippen LogP contribution in [0.5, 0.6) is 0 Å². The Hall–Kier alpha value is -2.15. The summed E-state index contributed by atoms with van der Waals surface area (Å²) in [7, 11) is 0. The second kappa shape index (κ2) is 3.54. The van der Waals surface area contributed by atoms with Crippen molar-refractivity contribution in [2.45, 2.75) is 13.8 Å². The average Bonchev–Trinajstić information content (AvgIpc) is 2.64. The van der Waals surface area contributed by atoms with E-state index in [9.17, 15) is 0 Å². The molecule has 0 saturated carbocycles. The number of aryl methyl sites for hydroxylation is 2. The van der Waals surface area contributed by atoms with E-state index in [-0.39, 0.29) is 5.82 Å². The highest BCUT2D eigenvalue weighted by molar-refractivity contribution is 5.53. The molecule has 4 heteroatoms. The molecule has 0 aliphatic heterocycles. The molecule has 0 aromatic carbocycles. The van der Waals surface area contributed by atoms with Crippen LogP contribution in [0.2, 0.25) is 0 Å². The van der Waals surface area contributed by atoms with Gasteiger partial charge in [-0.1, -0.05) is 0 Å². The largest absolute Gasteiger partial charge is 0.460 e. The molecule has 2 aromatic rings. The van der Waals surface area contributed by atoms with E-state index in [2.05, 4.69) is 9.97 Å². The number of rotatable bonds is 1. The highest BCUT2D eigenvalue weighted by Gasteiger charge is 2.07. The lowest BCUT2D eigenvalue weighted by atomic mass is 10.3. The van der Waals surface area contributed by atoms with Crippen LogP contribution in [0.25, 0.3) is 11.5 Å². The summed E-state index contributed by atoms with van der Waals surface area (Å²) in [5.74, 6) is 1.65. The van der Waals surface area contributed by atoms with Crippen molar-refractivity contribution in [3.05, 3.63) is 35.5 Å². The maximum atomic E-state index is 8.73. The van der Waals surface area contributed by atoms with Gasteiger partial charge in [-0.05, 0) is 32.0 Å². The van der Waals surface area contributed by atoms with Gasteiger partial charge < -0.3 is 4.42 Å². The van der Waals surface area contributed by atoms with E-state index in [0.717, 1.165) is 11.5 Å². The Morgan fingerprint density at radius 3 is 2.67 bits per heavy atom. The topological polar surface area (TPSA) is 62.7 Å². The fraction of sp³-hybridized carbons (Fsp3) is 0.182. The monoisotopic (exact) mass is 199 g/mol. The van der Waals surface area contributed by atoms with Crippen LogP contribution in [-0.4, -0.2) is 9.97 Å². The van der Waals surface area contributed by atoms with Crippen LogP contribution in [-0.2, 0) is 0 Å². The molecule has 15 heavy (non-hydrogen) atoms. The second-order valence-electron chi connectivity index (χ2n) is 3.24. The van der Waals surface area contributed by atoms with E-state index >= 15 is 0 Å². The van der Waals surface area contributed by atoms with Gasteiger partial charge in [0.15, 0.2) is 5.76 Å². The molecule has 0 N–H and O–H groups in total. The predicted molar refractivity (Wildman–Crippen MR) is 53.9 cm³/mol. The van der Waals surface area contributed by atoms with Gasteiger partial charge in [0.05, 0.1) is 0 Å². The first kappa shape index (κ1) is 9.41. The molecule has 0 spiro atoms. The van der Waals surface area contributed by atoms with Crippen molar-refractivity contribution in [2.24, 2.45) is 0 Å². The molecule has 0 aliphatic rings. The van der Waals surface area contributed by atoms with Crippen molar-refractivity contribution in [1.29, 1.82) is 5.26 Å². The third-order valence-corrected chi connectivity index (χ3v) is 1.95. The number of nitrogens with zero attached hydrogens (tertiary/aromatic N) is 3. The lowest BCUT2D eigenvalue weighted by Crippen LogP contribution is -1.93. The fourth-order valence-electron chi connectivity index (χ4n) is 1.32. The Bertz CT molecular complexity index is 537. The quantitative estimate of drug-likeness (QED) is 0.706. The molecule has 2 heterocycles. The van der Waals surface area contributed by atoms with Gasteiger partial charge in [0.25, 0.3) is 0 Å². The maximum absolute atomic E-state index is 8.73. The first-order valence-corrected chi connectivity index (χ1v) is 4.51. The van der Waals surface area contributed by atoms with Crippen molar-refractivity contribution < 1.29 is 4.42 Å². The highest BCUT2D eigenvalue weighted by Crippen LogP contribution is 2.20. The van der Waals surface area contributed by atoms with E-state index in [1.54, 1.807) is 6.07 Å². The molecule has 4 nitrogen and oxygen atoms in total. The summed E-state index contributed by atoms with van der Waals surface area (Å²) in [5.41, 5.74) is 1.40. The number of nitriles is 1. The molecule has 74 valence electrons. The lowest BCUT2D eigenvalue weighted by molar-refractivity contribution is 0.546. The molecule has 0 saturated heterocycles. The van der Waals surface area contributed by atoms with Crippen molar-refractivity contribution >= 4 is 0 Å². The molecule has 0 bridgehead atoms. The first-order chi connectivity index (χ1) is 7.19. The Balaban J connectivity index is 2.54. The molecule has 0 fully saturated rings. The van der Waals surface area contributed by atoms with E-state index < -0.39 is 0 Å². The molecule has 0 amide bonds. The summed E-state index contributed by atoms with van der Waals surface area (Å²) in [4.78, 5) is 8.04. The van der Waals surface area contributed by atoms with Crippen LogP contribution in [0.15, 0.2) is 22.6 Å². The van der Waals surface area contributed by atoms with Gasteiger partial charge in [0, 0.05) is 5.69 Å². The molecule has 0 atom stereocenters. The minimum Gasteiger partial charge on any atom is -0.460 e. The van der Waals surface area contributed by atoms with Gasteiger partial charge >= 0.3 is 0 Å². The van der Waals surface area contributed by atoms with Crippen molar-refractivity contribution in [3.63, 3.8) is 0 Å². The van der Waals surface area contributed by atoms with Gasteiger partial charge in [-0.3, -0.25) is 0 Å². The van der Waals surface area contributed by atoms with Crippen LogP contribution < -0.4 is 0 Å². The lowest BCUT2D eigenvalue weighted by Gasteiger charge is -1.98. The van der Waals surface area contributed by atoms with Crippen LogP contribution in [0, 0.1) is 25.2 Å². The molecular formula is C11H9N3O. The Kier molecular flexibility index (Phi) is 2.22. The van der Waals surface area contributed by atoms with Gasteiger partial charge in [-0.2, -0.15) is 5.26 Å². The normalized spacial score (nSPS) is 9.93. The molecular weight excluding hydrogens is 190 g/mol. The third kappa shape index (κ3) is 1.86. The SMILES string of the molecule is Cc1cc(-c2ccc(C)o2)nc(C#N)n1. The standard InChI is InChI=1S/C11H9N3O/c1-7-5-9(14-11(6-12)13-7)10-4-3-8(2)15-10/h3-5H,1-2H3. The summed E-state index contributed by atoms with van der Waals surface area (Å²) in [5, 5.41) is 8.73. The summed E-state index contributed by atoms with van der Waals surface area (Å²) >= 11 is 0. The molecule has 0 radical (unpaired) electrons. The minimum absolute atomic E-state index is 0.166.